The largest absolute Gasteiger partial charge is 0.491 e. The van der Waals surface area contributed by atoms with Gasteiger partial charge in [0.25, 0.3) is 0 Å². The Labute approximate surface area is 118 Å². The molecule has 0 aliphatic heterocycles. The molecule has 2 aromatic carbocycles. The smallest absolute Gasteiger partial charge is 0.167 e. The summed E-state index contributed by atoms with van der Waals surface area (Å²) in [6.07, 6.45) is 0. The fourth-order valence-electron chi connectivity index (χ4n) is 2.16. The third-order valence-electron chi connectivity index (χ3n) is 3.06. The summed E-state index contributed by atoms with van der Waals surface area (Å²) in [6, 6.07) is 12.8. The highest BCUT2D eigenvalue weighted by molar-refractivity contribution is 5.76. The second-order valence-corrected chi connectivity index (χ2v) is 4.35. The average molecular weight is 274 g/mol. The molecule has 3 nitrogen and oxygen atoms in total. The number of hydrogen-bond donors (Lipinski definition) is 1. The van der Waals surface area contributed by atoms with Crippen molar-refractivity contribution in [2.75, 3.05) is 23.8 Å². The molecule has 0 bridgehead atoms. The van der Waals surface area contributed by atoms with Crippen LogP contribution in [-0.2, 0) is 0 Å². The number of para-hydroxylation sites is 1. The molecule has 106 valence electrons. The van der Waals surface area contributed by atoms with E-state index in [-0.39, 0.29) is 5.75 Å². The van der Waals surface area contributed by atoms with Gasteiger partial charge < -0.3 is 15.4 Å². The van der Waals surface area contributed by atoms with Crippen LogP contribution in [0.2, 0.25) is 0 Å². The van der Waals surface area contributed by atoms with Gasteiger partial charge >= 0.3 is 0 Å². The van der Waals surface area contributed by atoms with Crippen LogP contribution in [0.5, 0.6) is 5.75 Å². The molecule has 0 saturated heterocycles. The molecule has 2 N–H and O–H groups in total. The highest BCUT2D eigenvalue weighted by Gasteiger charge is 2.15. The summed E-state index contributed by atoms with van der Waals surface area (Å²) in [5.74, 6) is -0.205. The first kappa shape index (κ1) is 14.2. The minimum atomic E-state index is -0.433. The molecule has 0 radical (unpaired) electrons. The molecule has 0 spiro atoms. The summed E-state index contributed by atoms with van der Waals surface area (Å²) in [7, 11) is 0. The highest BCUT2D eigenvalue weighted by atomic mass is 19.1. The highest BCUT2D eigenvalue weighted by Crippen LogP contribution is 2.35. The van der Waals surface area contributed by atoms with Crippen LogP contribution in [0.25, 0.3) is 0 Å². The molecular formula is C16H19FN2O. The van der Waals surface area contributed by atoms with Crippen molar-refractivity contribution in [1.29, 1.82) is 0 Å². The molecule has 0 heterocycles. The fraction of sp³-hybridized carbons (Fsp3) is 0.250. The SMILES string of the molecule is CCOc1cc(N(CC)c2ccccc2)c(N)cc1F. The van der Waals surface area contributed by atoms with Gasteiger partial charge in [0.1, 0.15) is 0 Å². The van der Waals surface area contributed by atoms with Gasteiger partial charge in [0.05, 0.1) is 18.0 Å². The first-order chi connectivity index (χ1) is 9.67. The number of anilines is 3. The summed E-state index contributed by atoms with van der Waals surface area (Å²) in [5.41, 5.74) is 8.13. The molecule has 0 aliphatic rings. The second-order valence-electron chi connectivity index (χ2n) is 4.35. The van der Waals surface area contributed by atoms with Crippen LogP contribution < -0.4 is 15.4 Å². The van der Waals surface area contributed by atoms with Crippen molar-refractivity contribution in [2.45, 2.75) is 13.8 Å². The van der Waals surface area contributed by atoms with E-state index in [1.54, 1.807) is 6.07 Å². The Hall–Kier alpha value is -2.23. The first-order valence-corrected chi connectivity index (χ1v) is 6.71. The normalized spacial score (nSPS) is 10.3. The van der Waals surface area contributed by atoms with Gasteiger partial charge in [-0.05, 0) is 26.0 Å². The van der Waals surface area contributed by atoms with E-state index >= 15 is 0 Å². The van der Waals surface area contributed by atoms with Crippen molar-refractivity contribution in [3.63, 3.8) is 0 Å². The maximum Gasteiger partial charge on any atom is 0.167 e. The standard InChI is InChI=1S/C16H19FN2O/c1-3-19(12-8-6-5-7-9-12)15-11-16(20-4-2)13(17)10-14(15)18/h5-11H,3-4,18H2,1-2H3. The molecule has 0 amide bonds. The van der Waals surface area contributed by atoms with E-state index in [1.807, 2.05) is 49.1 Å². The zero-order chi connectivity index (χ0) is 14.5. The molecule has 0 fully saturated rings. The zero-order valence-corrected chi connectivity index (χ0v) is 11.8. The predicted molar refractivity (Wildman–Crippen MR) is 81.1 cm³/mol. The van der Waals surface area contributed by atoms with Crippen molar-refractivity contribution >= 4 is 17.1 Å². The molecule has 20 heavy (non-hydrogen) atoms. The van der Waals surface area contributed by atoms with Crippen molar-refractivity contribution in [3.8, 4) is 5.75 Å². The van der Waals surface area contributed by atoms with E-state index in [9.17, 15) is 4.39 Å². The van der Waals surface area contributed by atoms with Gasteiger partial charge in [0.2, 0.25) is 0 Å². The van der Waals surface area contributed by atoms with Crippen LogP contribution in [0.1, 0.15) is 13.8 Å². The van der Waals surface area contributed by atoms with Gasteiger partial charge in [0, 0.05) is 24.4 Å². The lowest BCUT2D eigenvalue weighted by molar-refractivity contribution is 0.322. The fourth-order valence-corrected chi connectivity index (χ4v) is 2.16. The van der Waals surface area contributed by atoms with Crippen LogP contribution in [0, 0.1) is 5.82 Å². The van der Waals surface area contributed by atoms with Crippen LogP contribution in [0.15, 0.2) is 42.5 Å². The van der Waals surface area contributed by atoms with E-state index < -0.39 is 5.82 Å². The second kappa shape index (κ2) is 6.28. The van der Waals surface area contributed by atoms with Gasteiger partial charge in [-0.1, -0.05) is 18.2 Å². The van der Waals surface area contributed by atoms with Gasteiger partial charge in [-0.2, -0.15) is 0 Å². The summed E-state index contributed by atoms with van der Waals surface area (Å²) in [6.45, 7) is 4.99. The number of rotatable bonds is 5. The van der Waals surface area contributed by atoms with Gasteiger partial charge in [-0.25, -0.2) is 4.39 Å². The molecule has 4 heteroatoms. The van der Waals surface area contributed by atoms with Crippen molar-refractivity contribution in [2.24, 2.45) is 0 Å². The maximum atomic E-state index is 13.8. The van der Waals surface area contributed by atoms with E-state index in [2.05, 4.69) is 0 Å². The van der Waals surface area contributed by atoms with Gasteiger partial charge in [-0.3, -0.25) is 0 Å². The van der Waals surface area contributed by atoms with Gasteiger partial charge in [-0.15, -0.1) is 0 Å². The minimum absolute atomic E-state index is 0.228. The lowest BCUT2D eigenvalue weighted by Crippen LogP contribution is -2.17. The number of ether oxygens (including phenoxy) is 1. The van der Waals surface area contributed by atoms with Crippen molar-refractivity contribution < 1.29 is 9.13 Å². The van der Waals surface area contributed by atoms with Crippen LogP contribution in [0.3, 0.4) is 0 Å². The first-order valence-electron chi connectivity index (χ1n) is 6.71. The topological polar surface area (TPSA) is 38.5 Å². The number of nitrogens with zero attached hydrogens (tertiary/aromatic N) is 1. The molecule has 2 aromatic rings. The van der Waals surface area contributed by atoms with Crippen molar-refractivity contribution in [1.82, 2.24) is 0 Å². The van der Waals surface area contributed by atoms with E-state index in [0.717, 1.165) is 17.9 Å². The van der Waals surface area contributed by atoms with Gasteiger partial charge in [0.15, 0.2) is 11.6 Å². The zero-order valence-electron chi connectivity index (χ0n) is 11.8. The molecule has 0 unspecified atom stereocenters. The predicted octanol–water partition coefficient (Wildman–Crippen LogP) is 3.96. The Kier molecular flexibility index (Phi) is 4.45. The van der Waals surface area contributed by atoms with E-state index in [0.29, 0.717) is 12.3 Å². The third kappa shape index (κ3) is 2.85. The molecule has 2 rings (SSSR count). The van der Waals surface area contributed by atoms with Crippen LogP contribution in [-0.4, -0.2) is 13.2 Å². The van der Waals surface area contributed by atoms with E-state index in [4.69, 9.17) is 10.5 Å². The molecule has 0 aliphatic carbocycles. The Balaban J connectivity index is 2.46. The number of halogens is 1. The minimum Gasteiger partial charge on any atom is -0.491 e. The quantitative estimate of drug-likeness (QED) is 0.839. The Morgan fingerprint density at radius 3 is 2.45 bits per heavy atom. The number of benzene rings is 2. The number of hydrogen-bond acceptors (Lipinski definition) is 3. The van der Waals surface area contributed by atoms with E-state index in [1.165, 1.54) is 6.07 Å². The van der Waals surface area contributed by atoms with Crippen molar-refractivity contribution in [3.05, 3.63) is 48.3 Å². The monoisotopic (exact) mass is 274 g/mol. The Morgan fingerprint density at radius 2 is 1.85 bits per heavy atom. The third-order valence-corrected chi connectivity index (χ3v) is 3.06. The van der Waals surface area contributed by atoms with Crippen LogP contribution in [0.4, 0.5) is 21.5 Å². The maximum absolute atomic E-state index is 13.8. The summed E-state index contributed by atoms with van der Waals surface area (Å²) < 4.78 is 19.1. The molecule has 0 atom stereocenters. The summed E-state index contributed by atoms with van der Waals surface area (Å²) in [5, 5.41) is 0. The summed E-state index contributed by atoms with van der Waals surface area (Å²) in [4.78, 5) is 2.03. The van der Waals surface area contributed by atoms with Crippen LogP contribution >= 0.6 is 0 Å². The lowest BCUT2D eigenvalue weighted by atomic mass is 10.2. The molecule has 0 aromatic heterocycles. The Morgan fingerprint density at radius 1 is 1.15 bits per heavy atom. The average Bonchev–Trinajstić information content (AvgIpc) is 2.45. The number of nitrogens with two attached hydrogens (primary N) is 1. The number of nitrogen functional groups attached to an aromatic ring is 1. The lowest BCUT2D eigenvalue weighted by Gasteiger charge is -2.25. The molecular weight excluding hydrogens is 255 g/mol. The summed E-state index contributed by atoms with van der Waals surface area (Å²) >= 11 is 0. The Bertz CT molecular complexity index is 572. The molecule has 0 saturated carbocycles.